The molecule has 4 N–H and O–H groups in total. The topological polar surface area (TPSA) is 101 Å². The van der Waals surface area contributed by atoms with Crippen LogP contribution in [0.5, 0.6) is 0 Å². The van der Waals surface area contributed by atoms with Crippen molar-refractivity contribution in [3.63, 3.8) is 0 Å². The second-order valence-electron chi connectivity index (χ2n) is 5.23. The molecule has 106 valence electrons. The number of nitrogens with zero attached hydrogens (tertiary/aromatic N) is 1. The fraction of sp³-hybridized carbons (Fsp3) is 0.615. The smallest absolute Gasteiger partial charge is 0.277 e. The Morgan fingerprint density at radius 1 is 1.37 bits per heavy atom. The minimum atomic E-state index is -0.518. The molecule has 1 rings (SSSR count). The maximum absolute atomic E-state index is 12.1. The number of aromatic nitrogens is 2. The van der Waals surface area contributed by atoms with Crippen LogP contribution < -0.4 is 16.6 Å². The molecule has 0 atom stereocenters. The summed E-state index contributed by atoms with van der Waals surface area (Å²) in [5.41, 5.74) is 6.45. The van der Waals surface area contributed by atoms with Crippen molar-refractivity contribution < 1.29 is 4.79 Å². The first-order valence-electron chi connectivity index (χ1n) is 6.47. The van der Waals surface area contributed by atoms with Gasteiger partial charge >= 0.3 is 0 Å². The molecule has 19 heavy (non-hydrogen) atoms. The number of hydrogen-bond acceptors (Lipinski definition) is 4. The van der Waals surface area contributed by atoms with Crippen LogP contribution in [0.1, 0.15) is 49.3 Å². The van der Waals surface area contributed by atoms with Crippen LogP contribution in [0.2, 0.25) is 0 Å². The van der Waals surface area contributed by atoms with Crippen molar-refractivity contribution in [2.75, 3.05) is 6.54 Å². The molecule has 6 heteroatoms. The van der Waals surface area contributed by atoms with E-state index in [2.05, 4.69) is 15.5 Å². The molecule has 1 aromatic heterocycles. The van der Waals surface area contributed by atoms with Crippen molar-refractivity contribution in [1.29, 1.82) is 0 Å². The van der Waals surface area contributed by atoms with E-state index < -0.39 is 17.0 Å². The second kappa shape index (κ2) is 5.97. The highest BCUT2D eigenvalue weighted by atomic mass is 16.2. The standard InChI is InChI=1S/C13H22N4O2/c1-5-8-9(6-2)16-17-12(19)10(8)11(18)15-7-13(3,4)14/h5-7,14H2,1-4H3,(H,15,18)(H,17,19). The molecular formula is C13H22N4O2. The number of amides is 1. The van der Waals surface area contributed by atoms with Gasteiger partial charge in [0.1, 0.15) is 5.56 Å². The van der Waals surface area contributed by atoms with Gasteiger partial charge in [0, 0.05) is 12.1 Å². The van der Waals surface area contributed by atoms with E-state index in [9.17, 15) is 9.59 Å². The van der Waals surface area contributed by atoms with Crippen LogP contribution in [0, 0.1) is 0 Å². The van der Waals surface area contributed by atoms with Gasteiger partial charge in [-0.3, -0.25) is 9.59 Å². The maximum atomic E-state index is 12.1. The zero-order chi connectivity index (χ0) is 14.6. The third-order valence-electron chi connectivity index (χ3n) is 2.79. The van der Waals surface area contributed by atoms with E-state index >= 15 is 0 Å². The SMILES string of the molecule is CCc1n[nH]c(=O)c(C(=O)NCC(C)(C)N)c1CC. The fourth-order valence-electron chi connectivity index (χ4n) is 1.83. The summed E-state index contributed by atoms with van der Waals surface area (Å²) in [5, 5.41) is 9.05. The quantitative estimate of drug-likeness (QED) is 0.716. The molecule has 0 saturated carbocycles. The van der Waals surface area contributed by atoms with E-state index in [1.54, 1.807) is 0 Å². The predicted octanol–water partition coefficient (Wildman–Crippen LogP) is 0.362. The Morgan fingerprint density at radius 3 is 2.47 bits per heavy atom. The minimum Gasteiger partial charge on any atom is -0.350 e. The summed E-state index contributed by atoms with van der Waals surface area (Å²) in [6.45, 7) is 7.76. The number of H-pyrrole nitrogens is 1. The molecule has 0 aliphatic carbocycles. The zero-order valence-corrected chi connectivity index (χ0v) is 12.0. The van der Waals surface area contributed by atoms with Crippen LogP contribution in [0.15, 0.2) is 4.79 Å². The molecule has 1 aromatic rings. The Bertz CT molecular complexity index is 514. The largest absolute Gasteiger partial charge is 0.350 e. The highest BCUT2D eigenvalue weighted by molar-refractivity contribution is 5.95. The van der Waals surface area contributed by atoms with Crippen LogP contribution in [-0.4, -0.2) is 28.2 Å². The van der Waals surface area contributed by atoms with E-state index in [1.807, 2.05) is 27.7 Å². The van der Waals surface area contributed by atoms with E-state index in [-0.39, 0.29) is 5.56 Å². The van der Waals surface area contributed by atoms with Gasteiger partial charge in [-0.1, -0.05) is 13.8 Å². The van der Waals surface area contributed by atoms with E-state index in [0.717, 1.165) is 5.69 Å². The molecular weight excluding hydrogens is 244 g/mol. The minimum absolute atomic E-state index is 0.151. The van der Waals surface area contributed by atoms with Crippen LogP contribution in [0.4, 0.5) is 0 Å². The van der Waals surface area contributed by atoms with Crippen LogP contribution in [0.25, 0.3) is 0 Å². The van der Waals surface area contributed by atoms with E-state index in [0.29, 0.717) is 24.9 Å². The highest BCUT2D eigenvalue weighted by Gasteiger charge is 2.20. The number of aromatic amines is 1. The highest BCUT2D eigenvalue weighted by Crippen LogP contribution is 2.10. The predicted molar refractivity (Wildman–Crippen MR) is 74.2 cm³/mol. The lowest BCUT2D eigenvalue weighted by Crippen LogP contribution is -2.46. The van der Waals surface area contributed by atoms with Gasteiger partial charge in [0.25, 0.3) is 11.5 Å². The van der Waals surface area contributed by atoms with Crippen molar-refractivity contribution in [2.45, 2.75) is 46.1 Å². The second-order valence-corrected chi connectivity index (χ2v) is 5.23. The number of rotatable bonds is 5. The molecule has 1 heterocycles. The lowest BCUT2D eigenvalue weighted by molar-refractivity contribution is 0.0943. The van der Waals surface area contributed by atoms with Crippen molar-refractivity contribution in [2.24, 2.45) is 5.73 Å². The lowest BCUT2D eigenvalue weighted by atomic mass is 10.0. The molecule has 0 fully saturated rings. The molecule has 0 spiro atoms. The van der Waals surface area contributed by atoms with Gasteiger partial charge in [-0.2, -0.15) is 5.10 Å². The zero-order valence-electron chi connectivity index (χ0n) is 12.0. The van der Waals surface area contributed by atoms with Gasteiger partial charge < -0.3 is 11.1 Å². The Balaban J connectivity index is 3.11. The Kier molecular flexibility index (Phi) is 4.83. The Morgan fingerprint density at radius 2 is 2.00 bits per heavy atom. The number of carbonyl (C=O) groups excluding carboxylic acids is 1. The third kappa shape index (κ3) is 3.89. The van der Waals surface area contributed by atoms with E-state index in [4.69, 9.17) is 5.73 Å². The van der Waals surface area contributed by atoms with Crippen LogP contribution >= 0.6 is 0 Å². The fourth-order valence-corrected chi connectivity index (χ4v) is 1.83. The average molecular weight is 266 g/mol. The maximum Gasteiger partial charge on any atom is 0.277 e. The van der Waals surface area contributed by atoms with Crippen molar-refractivity contribution in [1.82, 2.24) is 15.5 Å². The number of hydrogen-bond donors (Lipinski definition) is 3. The summed E-state index contributed by atoms with van der Waals surface area (Å²) < 4.78 is 0. The van der Waals surface area contributed by atoms with Crippen LogP contribution in [0.3, 0.4) is 0 Å². The summed E-state index contributed by atoms with van der Waals surface area (Å²) in [7, 11) is 0. The number of nitrogens with two attached hydrogens (primary N) is 1. The first kappa shape index (κ1) is 15.4. The molecule has 0 aromatic carbocycles. The molecule has 0 aliphatic rings. The van der Waals surface area contributed by atoms with Gasteiger partial charge in [0.15, 0.2) is 0 Å². The summed E-state index contributed by atoms with van der Waals surface area (Å²) in [4.78, 5) is 24.0. The van der Waals surface area contributed by atoms with E-state index in [1.165, 1.54) is 0 Å². The number of carbonyl (C=O) groups is 1. The summed E-state index contributed by atoms with van der Waals surface area (Å²) in [6.07, 6.45) is 1.26. The van der Waals surface area contributed by atoms with Gasteiger partial charge in [-0.15, -0.1) is 0 Å². The lowest BCUT2D eigenvalue weighted by Gasteiger charge is -2.19. The first-order valence-corrected chi connectivity index (χ1v) is 6.47. The molecule has 6 nitrogen and oxygen atoms in total. The van der Waals surface area contributed by atoms with Crippen molar-refractivity contribution in [3.8, 4) is 0 Å². The van der Waals surface area contributed by atoms with Crippen molar-refractivity contribution >= 4 is 5.91 Å². The number of nitrogens with one attached hydrogen (secondary N) is 2. The van der Waals surface area contributed by atoms with Crippen molar-refractivity contribution in [3.05, 3.63) is 27.2 Å². The average Bonchev–Trinajstić information content (AvgIpc) is 2.34. The Hall–Kier alpha value is -1.69. The third-order valence-corrected chi connectivity index (χ3v) is 2.79. The van der Waals surface area contributed by atoms with Gasteiger partial charge in [0.2, 0.25) is 0 Å². The first-order chi connectivity index (χ1) is 8.80. The monoisotopic (exact) mass is 266 g/mol. The summed E-state index contributed by atoms with van der Waals surface area (Å²) >= 11 is 0. The Labute approximate surface area is 112 Å². The van der Waals surface area contributed by atoms with Crippen LogP contribution in [-0.2, 0) is 12.8 Å². The molecule has 0 aliphatic heterocycles. The molecule has 0 unspecified atom stereocenters. The summed E-state index contributed by atoms with van der Waals surface area (Å²) in [6, 6.07) is 0. The normalized spacial score (nSPS) is 11.4. The molecule has 0 bridgehead atoms. The molecule has 0 radical (unpaired) electrons. The number of aryl methyl sites for hydroxylation is 1. The van der Waals surface area contributed by atoms with Gasteiger partial charge in [-0.05, 0) is 32.3 Å². The van der Waals surface area contributed by atoms with Gasteiger partial charge in [0.05, 0.1) is 5.69 Å². The summed E-state index contributed by atoms with van der Waals surface area (Å²) in [5.74, 6) is -0.395. The van der Waals surface area contributed by atoms with Gasteiger partial charge in [-0.25, -0.2) is 5.10 Å². The molecule has 0 saturated heterocycles. The molecule has 1 amide bonds.